The molecule has 0 saturated heterocycles. The minimum atomic E-state index is 0.688. The Kier molecular flexibility index (Phi) is 5.74. The molecule has 2 aromatic rings. The van der Waals surface area contributed by atoms with Crippen LogP contribution in [0.25, 0.3) is 0 Å². The molecule has 0 heterocycles. The number of halogens is 1. The van der Waals surface area contributed by atoms with Crippen molar-refractivity contribution < 1.29 is 9.47 Å². The van der Waals surface area contributed by atoms with E-state index in [9.17, 15) is 0 Å². The van der Waals surface area contributed by atoms with E-state index in [2.05, 4.69) is 21.2 Å². The van der Waals surface area contributed by atoms with Crippen molar-refractivity contribution in [3.05, 3.63) is 53.0 Å². The van der Waals surface area contributed by atoms with E-state index < -0.39 is 0 Å². The van der Waals surface area contributed by atoms with E-state index >= 15 is 0 Å². The number of nitrogens with one attached hydrogen (secondary N) is 1. The number of para-hydroxylation sites is 1. The van der Waals surface area contributed by atoms with E-state index in [0.29, 0.717) is 6.61 Å². The SMILES string of the molecule is COc1ccc(Br)cc1NCCCOc1ccccc1. The molecule has 0 bridgehead atoms. The molecule has 0 aromatic heterocycles. The highest BCUT2D eigenvalue weighted by Crippen LogP contribution is 2.27. The summed E-state index contributed by atoms with van der Waals surface area (Å²) in [6.45, 7) is 1.52. The van der Waals surface area contributed by atoms with Gasteiger partial charge in [0, 0.05) is 11.0 Å². The highest BCUT2D eigenvalue weighted by atomic mass is 79.9. The summed E-state index contributed by atoms with van der Waals surface area (Å²) in [4.78, 5) is 0. The van der Waals surface area contributed by atoms with Gasteiger partial charge in [0.15, 0.2) is 0 Å². The molecule has 0 aliphatic heterocycles. The van der Waals surface area contributed by atoms with E-state index in [1.807, 2.05) is 48.5 Å². The first-order chi connectivity index (χ1) is 9.79. The molecule has 0 spiro atoms. The number of rotatable bonds is 7. The molecular weight excluding hydrogens is 318 g/mol. The van der Waals surface area contributed by atoms with Crippen molar-refractivity contribution in [1.82, 2.24) is 0 Å². The quantitative estimate of drug-likeness (QED) is 0.763. The highest BCUT2D eigenvalue weighted by Gasteiger charge is 2.02. The van der Waals surface area contributed by atoms with Crippen LogP contribution in [0.3, 0.4) is 0 Å². The van der Waals surface area contributed by atoms with Gasteiger partial charge in [0.05, 0.1) is 19.4 Å². The summed E-state index contributed by atoms with van der Waals surface area (Å²) in [6.07, 6.45) is 0.921. The lowest BCUT2D eigenvalue weighted by molar-refractivity contribution is 0.315. The van der Waals surface area contributed by atoms with Gasteiger partial charge in [-0.1, -0.05) is 34.1 Å². The molecule has 0 saturated carbocycles. The van der Waals surface area contributed by atoms with Crippen molar-refractivity contribution in [2.75, 3.05) is 25.6 Å². The van der Waals surface area contributed by atoms with Gasteiger partial charge < -0.3 is 14.8 Å². The van der Waals surface area contributed by atoms with Crippen LogP contribution in [-0.4, -0.2) is 20.3 Å². The lowest BCUT2D eigenvalue weighted by Gasteiger charge is -2.12. The molecule has 0 radical (unpaired) electrons. The molecule has 0 aliphatic rings. The number of hydrogen-bond donors (Lipinski definition) is 1. The third-order valence-corrected chi connectivity index (χ3v) is 3.30. The smallest absolute Gasteiger partial charge is 0.142 e. The fourth-order valence-electron chi connectivity index (χ4n) is 1.82. The summed E-state index contributed by atoms with van der Waals surface area (Å²) >= 11 is 3.46. The average Bonchev–Trinajstić information content (AvgIpc) is 2.48. The van der Waals surface area contributed by atoms with E-state index in [1.165, 1.54) is 0 Å². The predicted octanol–water partition coefficient (Wildman–Crippen LogP) is 4.34. The summed E-state index contributed by atoms with van der Waals surface area (Å²) in [6, 6.07) is 15.8. The van der Waals surface area contributed by atoms with Crippen LogP contribution in [0.15, 0.2) is 53.0 Å². The highest BCUT2D eigenvalue weighted by molar-refractivity contribution is 9.10. The van der Waals surface area contributed by atoms with Crippen molar-refractivity contribution in [2.45, 2.75) is 6.42 Å². The van der Waals surface area contributed by atoms with Gasteiger partial charge in [-0.05, 0) is 36.8 Å². The minimum absolute atomic E-state index is 0.688. The zero-order chi connectivity index (χ0) is 14.2. The maximum atomic E-state index is 5.64. The van der Waals surface area contributed by atoms with Crippen LogP contribution in [0.1, 0.15) is 6.42 Å². The maximum absolute atomic E-state index is 5.64. The topological polar surface area (TPSA) is 30.5 Å². The first kappa shape index (κ1) is 14.7. The van der Waals surface area contributed by atoms with Crippen molar-refractivity contribution in [3.63, 3.8) is 0 Å². The number of anilines is 1. The lowest BCUT2D eigenvalue weighted by Crippen LogP contribution is -2.08. The van der Waals surface area contributed by atoms with Gasteiger partial charge in [-0.25, -0.2) is 0 Å². The third kappa shape index (κ3) is 4.46. The van der Waals surface area contributed by atoms with Crippen molar-refractivity contribution in [1.29, 1.82) is 0 Å². The molecule has 4 heteroatoms. The molecule has 0 fully saturated rings. The number of ether oxygens (including phenoxy) is 2. The summed E-state index contributed by atoms with van der Waals surface area (Å²) < 4.78 is 12.0. The summed E-state index contributed by atoms with van der Waals surface area (Å²) in [5.41, 5.74) is 0.988. The molecule has 0 aliphatic carbocycles. The first-order valence-electron chi connectivity index (χ1n) is 6.55. The second-order valence-electron chi connectivity index (χ2n) is 4.29. The fourth-order valence-corrected chi connectivity index (χ4v) is 2.18. The molecule has 3 nitrogen and oxygen atoms in total. The molecule has 0 amide bonds. The van der Waals surface area contributed by atoms with E-state index in [0.717, 1.165) is 34.6 Å². The van der Waals surface area contributed by atoms with Gasteiger partial charge in [0.1, 0.15) is 11.5 Å². The average molecular weight is 336 g/mol. The Morgan fingerprint density at radius 1 is 1.10 bits per heavy atom. The van der Waals surface area contributed by atoms with Crippen LogP contribution < -0.4 is 14.8 Å². The Morgan fingerprint density at radius 2 is 1.90 bits per heavy atom. The third-order valence-electron chi connectivity index (χ3n) is 2.81. The van der Waals surface area contributed by atoms with Gasteiger partial charge in [0.2, 0.25) is 0 Å². The molecule has 106 valence electrons. The van der Waals surface area contributed by atoms with Crippen molar-refractivity contribution >= 4 is 21.6 Å². The summed E-state index contributed by atoms with van der Waals surface area (Å²) in [5, 5.41) is 3.36. The molecule has 20 heavy (non-hydrogen) atoms. The van der Waals surface area contributed by atoms with Gasteiger partial charge in [-0.2, -0.15) is 0 Å². The standard InChI is InChI=1S/C16H18BrNO2/c1-19-16-9-8-13(17)12-15(16)18-10-5-11-20-14-6-3-2-4-7-14/h2-4,6-9,12,18H,5,10-11H2,1H3. The van der Waals surface area contributed by atoms with Crippen LogP contribution in [0, 0.1) is 0 Å². The zero-order valence-corrected chi connectivity index (χ0v) is 13.0. The molecule has 0 unspecified atom stereocenters. The van der Waals surface area contributed by atoms with Crippen LogP contribution in [0.4, 0.5) is 5.69 Å². The Morgan fingerprint density at radius 3 is 2.65 bits per heavy atom. The first-order valence-corrected chi connectivity index (χ1v) is 7.34. The zero-order valence-electron chi connectivity index (χ0n) is 11.4. The van der Waals surface area contributed by atoms with Gasteiger partial charge in [-0.15, -0.1) is 0 Å². The summed E-state index contributed by atoms with van der Waals surface area (Å²) in [5.74, 6) is 1.75. The monoisotopic (exact) mass is 335 g/mol. The van der Waals surface area contributed by atoms with Gasteiger partial charge >= 0.3 is 0 Å². The van der Waals surface area contributed by atoms with E-state index in [1.54, 1.807) is 7.11 Å². The Hall–Kier alpha value is -1.68. The van der Waals surface area contributed by atoms with Crippen LogP contribution in [0.2, 0.25) is 0 Å². The molecule has 2 rings (SSSR count). The Balaban J connectivity index is 1.75. The maximum Gasteiger partial charge on any atom is 0.142 e. The number of methoxy groups -OCH3 is 1. The van der Waals surface area contributed by atoms with Gasteiger partial charge in [-0.3, -0.25) is 0 Å². The number of benzene rings is 2. The minimum Gasteiger partial charge on any atom is -0.495 e. The van der Waals surface area contributed by atoms with Crippen LogP contribution in [-0.2, 0) is 0 Å². The summed E-state index contributed by atoms with van der Waals surface area (Å²) in [7, 11) is 1.67. The van der Waals surface area contributed by atoms with Gasteiger partial charge in [0.25, 0.3) is 0 Å². The Labute approximate surface area is 128 Å². The number of hydrogen-bond acceptors (Lipinski definition) is 3. The van der Waals surface area contributed by atoms with Crippen molar-refractivity contribution in [2.24, 2.45) is 0 Å². The lowest BCUT2D eigenvalue weighted by atomic mass is 10.3. The predicted molar refractivity (Wildman–Crippen MR) is 85.7 cm³/mol. The fraction of sp³-hybridized carbons (Fsp3) is 0.250. The largest absolute Gasteiger partial charge is 0.495 e. The molecular formula is C16H18BrNO2. The molecule has 1 N–H and O–H groups in total. The van der Waals surface area contributed by atoms with Crippen molar-refractivity contribution in [3.8, 4) is 11.5 Å². The van der Waals surface area contributed by atoms with E-state index in [4.69, 9.17) is 9.47 Å². The second-order valence-corrected chi connectivity index (χ2v) is 5.20. The van der Waals surface area contributed by atoms with Crippen LogP contribution >= 0.6 is 15.9 Å². The van der Waals surface area contributed by atoms with E-state index in [-0.39, 0.29) is 0 Å². The Bertz CT molecular complexity index is 531. The second kappa shape index (κ2) is 7.80. The molecule has 0 atom stereocenters. The molecule has 2 aromatic carbocycles. The van der Waals surface area contributed by atoms with Crippen LogP contribution in [0.5, 0.6) is 11.5 Å². The normalized spacial score (nSPS) is 10.1.